The minimum Gasteiger partial charge on any atom is -0.468 e. The first-order valence-corrected chi connectivity index (χ1v) is 10.1. The number of carbonyl (C=O) groups excluding carboxylic acids is 3. The molecule has 0 bridgehead atoms. The third-order valence-electron chi connectivity index (χ3n) is 4.00. The number of benzene rings is 1. The molecule has 0 saturated carbocycles. The van der Waals surface area contributed by atoms with Crippen LogP contribution in [-0.4, -0.2) is 62.6 Å². The van der Waals surface area contributed by atoms with E-state index in [0.717, 1.165) is 4.31 Å². The summed E-state index contributed by atoms with van der Waals surface area (Å²) in [7, 11) is -2.37. The van der Waals surface area contributed by atoms with Crippen molar-refractivity contribution >= 4 is 34.3 Å². The Balaban J connectivity index is 2.37. The highest BCUT2D eigenvalue weighted by Crippen LogP contribution is 2.64. The number of carbonyl (C=O) groups is 3. The normalized spacial score (nSPS) is 21.5. The zero-order valence-electron chi connectivity index (χ0n) is 16.2. The number of hydrogen-bond donors (Lipinski definition) is 3. The topological polar surface area (TPSA) is 129 Å². The summed E-state index contributed by atoms with van der Waals surface area (Å²) in [6.45, 7) is 4.31. The van der Waals surface area contributed by atoms with Crippen LogP contribution in [-0.2, 0) is 19.1 Å². The maximum Gasteiger partial charge on any atom is 0.325 e. The van der Waals surface area contributed by atoms with Crippen molar-refractivity contribution in [2.75, 3.05) is 20.2 Å². The van der Waals surface area contributed by atoms with E-state index in [2.05, 4.69) is 15.0 Å². The maximum absolute atomic E-state index is 13.0. The Labute approximate surface area is 165 Å². The van der Waals surface area contributed by atoms with Crippen LogP contribution < -0.4 is 5.32 Å². The molecular formula is C18H25N3O6S. The lowest BCUT2D eigenvalue weighted by atomic mass is 10.1. The second kappa shape index (κ2) is 8.29. The molecule has 10 heteroatoms. The first kappa shape index (κ1) is 21.9. The molecule has 1 aliphatic rings. The molecule has 1 unspecified atom stereocenters. The van der Waals surface area contributed by atoms with Crippen LogP contribution >= 0.6 is 10.8 Å². The van der Waals surface area contributed by atoms with Gasteiger partial charge in [0, 0.05) is 0 Å². The lowest BCUT2D eigenvalue weighted by molar-refractivity contribution is -0.141. The van der Waals surface area contributed by atoms with E-state index in [-0.39, 0.29) is 12.3 Å². The summed E-state index contributed by atoms with van der Waals surface area (Å²) in [6, 6.07) is 8.55. The van der Waals surface area contributed by atoms with Crippen LogP contribution in [0, 0.1) is 0 Å². The molecule has 0 aliphatic carbocycles. The third-order valence-corrected chi connectivity index (χ3v) is 6.38. The Morgan fingerprint density at radius 2 is 1.86 bits per heavy atom. The lowest BCUT2D eigenvalue weighted by Gasteiger charge is -2.46. The molecule has 1 atom stereocenters. The summed E-state index contributed by atoms with van der Waals surface area (Å²) in [5.41, 5.74) is -0.460. The van der Waals surface area contributed by atoms with Gasteiger partial charge in [-0.3, -0.25) is 28.5 Å². The summed E-state index contributed by atoms with van der Waals surface area (Å²) in [4.78, 5) is 40.1. The van der Waals surface area contributed by atoms with Crippen LogP contribution in [0.15, 0.2) is 35.3 Å². The predicted octanol–water partition coefficient (Wildman–Crippen LogP) is 1.76. The van der Waals surface area contributed by atoms with Crippen LogP contribution in [0.5, 0.6) is 0 Å². The van der Waals surface area contributed by atoms with Crippen molar-refractivity contribution in [3.05, 3.63) is 35.9 Å². The highest BCUT2D eigenvalue weighted by molar-refractivity contribution is 8.24. The fraction of sp³-hybridized carbons (Fsp3) is 0.444. The molecule has 2 rings (SSSR count). The Kier molecular flexibility index (Phi) is 6.48. The monoisotopic (exact) mass is 411 g/mol. The number of rotatable bonds is 5. The number of aliphatic imine (C=N–C) groups is 1. The molecule has 154 valence electrons. The molecule has 3 N–H and O–H groups in total. The lowest BCUT2D eigenvalue weighted by Crippen LogP contribution is -2.44. The first-order chi connectivity index (χ1) is 13.0. The van der Waals surface area contributed by atoms with Crippen LogP contribution in [0.4, 0.5) is 0 Å². The highest BCUT2D eigenvalue weighted by Gasteiger charge is 2.54. The van der Waals surface area contributed by atoms with Gasteiger partial charge in [-0.05, 0) is 26.3 Å². The number of nitrogens with zero attached hydrogens (tertiary/aromatic N) is 2. The van der Waals surface area contributed by atoms with E-state index < -0.39 is 45.9 Å². The van der Waals surface area contributed by atoms with E-state index in [1.54, 1.807) is 51.1 Å². The zero-order valence-corrected chi connectivity index (χ0v) is 17.0. The van der Waals surface area contributed by atoms with Crippen molar-refractivity contribution in [2.24, 2.45) is 4.99 Å². The molecule has 1 aliphatic heterocycles. The fourth-order valence-electron chi connectivity index (χ4n) is 2.88. The van der Waals surface area contributed by atoms with Crippen molar-refractivity contribution in [1.82, 2.24) is 9.62 Å². The summed E-state index contributed by atoms with van der Waals surface area (Å²) in [5, 5.41) is 1.25. The average Bonchev–Trinajstić information content (AvgIpc) is 2.82. The van der Waals surface area contributed by atoms with Crippen LogP contribution in [0.2, 0.25) is 0 Å². The van der Waals surface area contributed by atoms with Crippen molar-refractivity contribution in [3.8, 4) is 0 Å². The second-order valence-electron chi connectivity index (χ2n) is 7.18. The predicted molar refractivity (Wildman–Crippen MR) is 106 cm³/mol. The van der Waals surface area contributed by atoms with Gasteiger partial charge >= 0.3 is 5.97 Å². The quantitative estimate of drug-likeness (QED) is 0.634. The zero-order chi connectivity index (χ0) is 21.1. The van der Waals surface area contributed by atoms with Crippen LogP contribution in [0.1, 0.15) is 31.6 Å². The first-order valence-electron chi connectivity index (χ1n) is 8.54. The second-order valence-corrected chi connectivity index (χ2v) is 9.14. The van der Waals surface area contributed by atoms with Crippen LogP contribution in [0.3, 0.4) is 0 Å². The number of esters is 1. The van der Waals surface area contributed by atoms with E-state index in [4.69, 9.17) is 0 Å². The summed E-state index contributed by atoms with van der Waals surface area (Å²) in [5.74, 6) is -1.85. The highest BCUT2D eigenvalue weighted by atomic mass is 32.3. The van der Waals surface area contributed by atoms with Gasteiger partial charge in [-0.1, -0.05) is 30.3 Å². The Bertz CT molecular complexity index is 788. The van der Waals surface area contributed by atoms with Crippen molar-refractivity contribution in [3.63, 3.8) is 0 Å². The molecule has 1 aromatic carbocycles. The number of amides is 2. The maximum atomic E-state index is 13.0. The van der Waals surface area contributed by atoms with Gasteiger partial charge in [-0.25, -0.2) is 4.31 Å². The summed E-state index contributed by atoms with van der Waals surface area (Å²) < 4.78 is 27.3. The van der Waals surface area contributed by atoms with Gasteiger partial charge in [0.1, 0.15) is 24.1 Å². The molecule has 0 spiro atoms. The van der Waals surface area contributed by atoms with Gasteiger partial charge < -0.3 is 10.1 Å². The molecule has 1 heterocycles. The summed E-state index contributed by atoms with van der Waals surface area (Å²) in [6.07, 6.45) is 0. The molecule has 28 heavy (non-hydrogen) atoms. The molecule has 9 nitrogen and oxygen atoms in total. The summed E-state index contributed by atoms with van der Waals surface area (Å²) >= 11 is 0. The van der Waals surface area contributed by atoms with Crippen molar-refractivity contribution < 1.29 is 28.2 Å². The fourth-order valence-corrected chi connectivity index (χ4v) is 5.23. The van der Waals surface area contributed by atoms with Crippen LogP contribution in [0.25, 0.3) is 0 Å². The van der Waals surface area contributed by atoms with E-state index in [1.165, 1.54) is 7.11 Å². The number of hydrogen-bond acceptors (Lipinski definition) is 7. The van der Waals surface area contributed by atoms with Gasteiger partial charge in [0.2, 0.25) is 5.91 Å². The number of methoxy groups -OCH3 is 1. The molecular weight excluding hydrogens is 386 g/mol. The van der Waals surface area contributed by atoms with E-state index in [9.17, 15) is 23.5 Å². The molecule has 0 radical (unpaired) electrons. The van der Waals surface area contributed by atoms with E-state index in [1.807, 2.05) is 0 Å². The van der Waals surface area contributed by atoms with Crippen molar-refractivity contribution in [1.29, 1.82) is 0 Å². The smallest absolute Gasteiger partial charge is 0.325 e. The Morgan fingerprint density at radius 3 is 2.39 bits per heavy atom. The largest absolute Gasteiger partial charge is 0.468 e. The van der Waals surface area contributed by atoms with Gasteiger partial charge in [0.25, 0.3) is 5.91 Å². The van der Waals surface area contributed by atoms with Gasteiger partial charge in [-0.15, -0.1) is 10.8 Å². The molecule has 1 fully saturated rings. The number of nitrogens with one attached hydrogen (secondary N) is 1. The van der Waals surface area contributed by atoms with Gasteiger partial charge in [0.15, 0.2) is 0 Å². The SMILES string of the molecule is COC(=O)CNC(=O)CN=C1C(=O)N(C(C)(C)C)S(O)(O)C1c1ccccc1. The van der Waals surface area contributed by atoms with E-state index >= 15 is 0 Å². The molecule has 1 saturated heterocycles. The minimum absolute atomic E-state index is 0.102. The number of ether oxygens (including phenoxy) is 1. The van der Waals surface area contributed by atoms with E-state index in [0.29, 0.717) is 5.56 Å². The third kappa shape index (κ3) is 4.51. The Morgan fingerprint density at radius 1 is 1.25 bits per heavy atom. The molecule has 0 aromatic heterocycles. The Hall–Kier alpha value is -2.43. The average molecular weight is 411 g/mol. The van der Waals surface area contributed by atoms with Gasteiger partial charge in [-0.2, -0.15) is 0 Å². The van der Waals surface area contributed by atoms with Crippen molar-refractivity contribution in [2.45, 2.75) is 31.6 Å². The minimum atomic E-state index is -3.57. The van der Waals surface area contributed by atoms with Gasteiger partial charge in [0.05, 0.1) is 12.6 Å². The molecule has 2 amide bonds. The standard InChI is InChI=1S/C18H25N3O6S/c1-18(2,3)21-17(24)15(20-10-13(22)19-11-14(23)27-4)16(28(21,25)26)12-8-6-5-7-9-12/h5-9,16,25-26H,10-11H2,1-4H3,(H,19,22). The molecule has 1 aromatic rings.